The summed E-state index contributed by atoms with van der Waals surface area (Å²) < 4.78 is 0. The van der Waals surface area contributed by atoms with Gasteiger partial charge in [0.25, 0.3) is 0 Å². The van der Waals surface area contributed by atoms with Crippen molar-refractivity contribution in [1.82, 2.24) is 5.32 Å². The molecule has 2 N–H and O–H groups in total. The van der Waals surface area contributed by atoms with Gasteiger partial charge in [0.05, 0.1) is 10.7 Å². The Hall–Kier alpha value is -0.940. The molecule has 2 rings (SSSR count). The van der Waals surface area contributed by atoms with Gasteiger partial charge < -0.3 is 10.6 Å². The average Bonchev–Trinajstić information content (AvgIpc) is 2.51. The van der Waals surface area contributed by atoms with Crippen LogP contribution in [0.3, 0.4) is 0 Å². The van der Waals surface area contributed by atoms with Crippen LogP contribution in [0.5, 0.6) is 0 Å². The molecule has 2 aromatic carbocycles. The van der Waals surface area contributed by atoms with Crippen LogP contribution in [0.1, 0.15) is 5.56 Å². The second-order valence-corrected chi connectivity index (χ2v) is 6.90. The first-order chi connectivity index (χ1) is 10.6. The van der Waals surface area contributed by atoms with Crippen LogP contribution in [0.2, 0.25) is 10.0 Å². The lowest BCUT2D eigenvalue weighted by atomic mass is 10.2. The topological polar surface area (TPSA) is 24.1 Å². The maximum Gasteiger partial charge on any atom is 0.170 e. The molecule has 0 aliphatic carbocycles. The maximum absolute atomic E-state index is 6.09. The monoisotopic (exact) mass is 370 g/mol. The van der Waals surface area contributed by atoms with E-state index in [-0.39, 0.29) is 0 Å². The molecule has 0 fully saturated rings. The molecule has 0 aliphatic rings. The van der Waals surface area contributed by atoms with Crippen molar-refractivity contribution in [3.8, 4) is 0 Å². The lowest BCUT2D eigenvalue weighted by Crippen LogP contribution is -2.30. The molecular formula is C16H16Cl2N2S2. The van der Waals surface area contributed by atoms with Crippen LogP contribution in [0.25, 0.3) is 0 Å². The zero-order valence-corrected chi connectivity index (χ0v) is 15.0. The highest BCUT2D eigenvalue weighted by atomic mass is 35.5. The molecule has 0 spiro atoms. The fourth-order valence-corrected chi connectivity index (χ4v) is 3.24. The highest BCUT2D eigenvalue weighted by Gasteiger charge is 2.03. The van der Waals surface area contributed by atoms with Gasteiger partial charge in [-0.3, -0.25) is 0 Å². The molecule has 116 valence electrons. The van der Waals surface area contributed by atoms with Crippen LogP contribution in [0.15, 0.2) is 48.5 Å². The van der Waals surface area contributed by atoms with Gasteiger partial charge in [-0.1, -0.05) is 53.5 Å². The molecule has 2 aromatic rings. The van der Waals surface area contributed by atoms with Crippen molar-refractivity contribution in [2.24, 2.45) is 0 Å². The predicted octanol–water partition coefficient (Wildman–Crippen LogP) is 5.21. The van der Waals surface area contributed by atoms with Gasteiger partial charge in [0.2, 0.25) is 0 Å². The summed E-state index contributed by atoms with van der Waals surface area (Å²) in [5, 5.41) is 7.95. The first kappa shape index (κ1) is 17.4. The Kier molecular flexibility index (Phi) is 7.33. The van der Waals surface area contributed by atoms with Gasteiger partial charge in [0.15, 0.2) is 5.11 Å². The number of nitrogens with one attached hydrogen (secondary N) is 2. The zero-order chi connectivity index (χ0) is 15.8. The average molecular weight is 371 g/mol. The normalized spacial score (nSPS) is 10.3. The highest BCUT2D eigenvalue weighted by molar-refractivity contribution is 7.98. The summed E-state index contributed by atoms with van der Waals surface area (Å²) in [7, 11) is 0. The third-order valence-electron chi connectivity index (χ3n) is 2.82. The lowest BCUT2D eigenvalue weighted by molar-refractivity contribution is 0.990. The first-order valence-electron chi connectivity index (χ1n) is 6.77. The quantitative estimate of drug-likeness (QED) is 0.538. The number of thioether (sulfide) groups is 1. The molecule has 0 radical (unpaired) electrons. The standard InChI is InChI=1S/C16H16Cl2N2S2/c17-13-6-7-15(14(18)10-13)20-16(21)19-8-9-22-11-12-4-2-1-3-5-12/h1-7,10H,8-9,11H2,(H2,19,20,21). The molecule has 0 saturated carbocycles. The van der Waals surface area contributed by atoms with E-state index in [1.807, 2.05) is 23.9 Å². The number of rotatable bonds is 6. The van der Waals surface area contributed by atoms with Gasteiger partial charge in [-0.15, -0.1) is 0 Å². The summed E-state index contributed by atoms with van der Waals surface area (Å²) in [5.41, 5.74) is 2.08. The second-order valence-electron chi connectivity index (χ2n) is 4.54. The summed E-state index contributed by atoms with van der Waals surface area (Å²) in [5.74, 6) is 1.98. The van der Waals surface area contributed by atoms with Crippen LogP contribution < -0.4 is 10.6 Å². The molecule has 0 unspecified atom stereocenters. The van der Waals surface area contributed by atoms with E-state index in [1.54, 1.807) is 12.1 Å². The van der Waals surface area contributed by atoms with E-state index in [1.165, 1.54) is 5.56 Å². The van der Waals surface area contributed by atoms with Crippen LogP contribution in [-0.2, 0) is 5.75 Å². The van der Waals surface area contributed by atoms with Gasteiger partial charge in [-0.2, -0.15) is 11.8 Å². The van der Waals surface area contributed by atoms with Crippen molar-refractivity contribution < 1.29 is 0 Å². The Labute approximate surface area is 150 Å². The first-order valence-corrected chi connectivity index (χ1v) is 9.08. The van der Waals surface area contributed by atoms with Crippen molar-refractivity contribution in [1.29, 1.82) is 0 Å². The van der Waals surface area contributed by atoms with Crippen molar-refractivity contribution in [3.05, 3.63) is 64.1 Å². The van der Waals surface area contributed by atoms with Crippen molar-refractivity contribution in [2.75, 3.05) is 17.6 Å². The third kappa shape index (κ3) is 6.05. The van der Waals surface area contributed by atoms with Crippen molar-refractivity contribution in [2.45, 2.75) is 5.75 Å². The number of benzene rings is 2. The van der Waals surface area contributed by atoms with Gasteiger partial charge in [-0.05, 0) is 36.0 Å². The second kappa shape index (κ2) is 9.26. The Morgan fingerprint density at radius 1 is 1.09 bits per heavy atom. The van der Waals surface area contributed by atoms with Crippen molar-refractivity contribution >= 4 is 58.0 Å². The number of hydrogen-bond acceptors (Lipinski definition) is 2. The lowest BCUT2D eigenvalue weighted by Gasteiger charge is -2.11. The molecule has 0 atom stereocenters. The Balaban J connectivity index is 1.65. The fourth-order valence-electron chi connectivity index (χ4n) is 1.76. The molecule has 0 saturated heterocycles. The molecule has 0 aromatic heterocycles. The van der Waals surface area contributed by atoms with E-state index < -0.39 is 0 Å². The van der Waals surface area contributed by atoms with Gasteiger partial charge in [0.1, 0.15) is 0 Å². The van der Waals surface area contributed by atoms with E-state index in [2.05, 4.69) is 34.9 Å². The zero-order valence-electron chi connectivity index (χ0n) is 11.8. The number of thiocarbonyl (C=S) groups is 1. The minimum Gasteiger partial charge on any atom is -0.362 e. The maximum atomic E-state index is 6.09. The third-order valence-corrected chi connectivity index (χ3v) is 4.65. The molecule has 0 bridgehead atoms. The Morgan fingerprint density at radius 3 is 2.59 bits per heavy atom. The van der Waals surface area contributed by atoms with Crippen LogP contribution in [-0.4, -0.2) is 17.4 Å². The minimum atomic E-state index is 0.551. The highest BCUT2D eigenvalue weighted by Crippen LogP contribution is 2.25. The van der Waals surface area contributed by atoms with Crippen LogP contribution in [0, 0.1) is 0 Å². The summed E-state index contributed by atoms with van der Waals surface area (Å²) >= 11 is 19.1. The summed E-state index contributed by atoms with van der Waals surface area (Å²) in [4.78, 5) is 0. The summed E-state index contributed by atoms with van der Waals surface area (Å²) in [6.07, 6.45) is 0. The Bertz CT molecular complexity index is 621. The van der Waals surface area contributed by atoms with Gasteiger partial charge >= 0.3 is 0 Å². The Morgan fingerprint density at radius 2 is 1.86 bits per heavy atom. The van der Waals surface area contributed by atoms with E-state index in [4.69, 9.17) is 35.4 Å². The molecule has 2 nitrogen and oxygen atoms in total. The minimum absolute atomic E-state index is 0.551. The number of halogens is 2. The largest absolute Gasteiger partial charge is 0.362 e. The molecular weight excluding hydrogens is 355 g/mol. The number of hydrogen-bond donors (Lipinski definition) is 2. The SMILES string of the molecule is S=C(NCCSCc1ccccc1)Nc1ccc(Cl)cc1Cl. The molecule has 0 aliphatic heterocycles. The van der Waals surface area contributed by atoms with E-state index in [9.17, 15) is 0 Å². The number of anilines is 1. The summed E-state index contributed by atoms with van der Waals surface area (Å²) in [6, 6.07) is 15.7. The van der Waals surface area contributed by atoms with Crippen molar-refractivity contribution in [3.63, 3.8) is 0 Å². The molecule has 22 heavy (non-hydrogen) atoms. The van der Waals surface area contributed by atoms with Crippen LogP contribution >= 0.6 is 47.2 Å². The van der Waals surface area contributed by atoms with Crippen LogP contribution in [0.4, 0.5) is 5.69 Å². The molecule has 0 heterocycles. The molecule has 6 heteroatoms. The van der Waals surface area contributed by atoms with E-state index in [0.29, 0.717) is 15.2 Å². The van der Waals surface area contributed by atoms with Gasteiger partial charge in [0, 0.05) is 23.1 Å². The smallest absolute Gasteiger partial charge is 0.170 e. The van der Waals surface area contributed by atoms with E-state index >= 15 is 0 Å². The van der Waals surface area contributed by atoms with Gasteiger partial charge in [-0.25, -0.2) is 0 Å². The molecule has 0 amide bonds. The fraction of sp³-hybridized carbons (Fsp3) is 0.188. The predicted molar refractivity (Wildman–Crippen MR) is 103 cm³/mol. The summed E-state index contributed by atoms with van der Waals surface area (Å²) in [6.45, 7) is 0.800. The van der Waals surface area contributed by atoms with E-state index in [0.717, 1.165) is 23.7 Å².